The third kappa shape index (κ3) is 3.34. The van der Waals surface area contributed by atoms with Gasteiger partial charge >= 0.3 is 5.97 Å². The number of aromatic amines is 1. The summed E-state index contributed by atoms with van der Waals surface area (Å²) in [5, 5.41) is 3.05. The number of esters is 1. The van der Waals surface area contributed by atoms with Crippen molar-refractivity contribution in [2.75, 3.05) is 7.11 Å². The molecule has 0 saturated carbocycles. The number of rotatable bonds is 4. The summed E-state index contributed by atoms with van der Waals surface area (Å²) in [5.41, 5.74) is 1.83. The van der Waals surface area contributed by atoms with Gasteiger partial charge in [0.05, 0.1) is 24.6 Å². The van der Waals surface area contributed by atoms with E-state index in [0.717, 1.165) is 27.6 Å². The third-order valence-electron chi connectivity index (χ3n) is 4.23. The number of halogens is 1. The molecule has 9 heteroatoms. The van der Waals surface area contributed by atoms with E-state index in [1.165, 1.54) is 30.6 Å². The number of thiazole rings is 1. The van der Waals surface area contributed by atoms with Crippen LogP contribution in [-0.2, 0) is 11.2 Å². The normalized spacial score (nSPS) is 11.1. The molecule has 1 N–H and O–H groups in total. The molecule has 142 valence electrons. The van der Waals surface area contributed by atoms with Crippen LogP contribution in [0, 0.1) is 12.7 Å². The Balaban J connectivity index is 1.66. The molecule has 0 amide bonds. The topological polar surface area (TPSA) is 84.9 Å². The number of thiophene rings is 1. The number of aryl methyl sites for hydroxylation is 1. The molecule has 0 aliphatic rings. The molecule has 3 heterocycles. The van der Waals surface area contributed by atoms with Gasteiger partial charge in [-0.2, -0.15) is 0 Å². The maximum absolute atomic E-state index is 13.1. The van der Waals surface area contributed by atoms with Crippen LogP contribution in [0.25, 0.3) is 21.5 Å². The maximum Gasteiger partial charge on any atom is 0.348 e. The summed E-state index contributed by atoms with van der Waals surface area (Å²) in [6.07, 6.45) is 0.349. The van der Waals surface area contributed by atoms with Crippen molar-refractivity contribution in [1.82, 2.24) is 15.0 Å². The highest BCUT2D eigenvalue weighted by Gasteiger charge is 2.20. The molecule has 3 aromatic heterocycles. The first kappa shape index (κ1) is 18.5. The lowest BCUT2D eigenvalue weighted by molar-refractivity contribution is 0.0605. The Morgan fingerprint density at radius 2 is 2.00 bits per heavy atom. The molecule has 28 heavy (non-hydrogen) atoms. The number of hydrogen-bond acceptors (Lipinski definition) is 7. The molecule has 0 radical (unpaired) electrons. The van der Waals surface area contributed by atoms with Crippen LogP contribution in [0.4, 0.5) is 4.39 Å². The van der Waals surface area contributed by atoms with Crippen LogP contribution in [0.2, 0.25) is 0 Å². The lowest BCUT2D eigenvalue weighted by atomic mass is 10.2. The van der Waals surface area contributed by atoms with Crippen LogP contribution < -0.4 is 5.56 Å². The number of carbonyl (C=O) groups is 1. The number of methoxy groups -OCH3 is 1. The van der Waals surface area contributed by atoms with E-state index in [0.29, 0.717) is 32.9 Å². The molecular formula is C19H14FN3O3S2. The standard InChI is InChI=1S/C19H14FN3O3S2/c1-9-15-17(24)22-13(23-18(15)28-16(9)19(25)26-2)7-14-21-12(8-27-14)10-3-5-11(20)6-4-10/h3-6,8H,7H2,1-2H3,(H,22,23,24). The molecule has 0 aliphatic carbocycles. The monoisotopic (exact) mass is 415 g/mol. The van der Waals surface area contributed by atoms with Gasteiger partial charge in [-0.3, -0.25) is 4.79 Å². The van der Waals surface area contributed by atoms with Crippen molar-refractivity contribution in [3.8, 4) is 11.3 Å². The quantitative estimate of drug-likeness (QED) is 0.511. The highest BCUT2D eigenvalue weighted by atomic mass is 32.1. The third-order valence-corrected chi connectivity index (χ3v) is 6.25. The summed E-state index contributed by atoms with van der Waals surface area (Å²) >= 11 is 2.57. The van der Waals surface area contributed by atoms with Crippen molar-refractivity contribution in [3.05, 3.63) is 67.1 Å². The zero-order valence-corrected chi connectivity index (χ0v) is 16.5. The molecule has 0 fully saturated rings. The summed E-state index contributed by atoms with van der Waals surface area (Å²) in [7, 11) is 1.30. The molecule has 0 saturated heterocycles. The molecule has 0 unspecified atom stereocenters. The minimum atomic E-state index is -0.481. The smallest absolute Gasteiger partial charge is 0.348 e. The van der Waals surface area contributed by atoms with Crippen molar-refractivity contribution in [1.29, 1.82) is 0 Å². The summed E-state index contributed by atoms with van der Waals surface area (Å²) in [4.78, 5) is 37.0. The second kappa shape index (κ2) is 7.25. The number of H-pyrrole nitrogens is 1. The minimum absolute atomic E-state index is 0.292. The summed E-state index contributed by atoms with van der Waals surface area (Å²) in [5.74, 6) is -0.313. The average Bonchev–Trinajstić information content (AvgIpc) is 3.26. The van der Waals surface area contributed by atoms with Crippen molar-refractivity contribution in [3.63, 3.8) is 0 Å². The van der Waals surface area contributed by atoms with Gasteiger partial charge in [-0.15, -0.1) is 22.7 Å². The van der Waals surface area contributed by atoms with Crippen molar-refractivity contribution < 1.29 is 13.9 Å². The van der Waals surface area contributed by atoms with Crippen LogP contribution in [0.15, 0.2) is 34.4 Å². The Morgan fingerprint density at radius 3 is 2.71 bits per heavy atom. The summed E-state index contributed by atoms with van der Waals surface area (Å²) in [6.45, 7) is 1.71. The first-order valence-corrected chi connectivity index (χ1v) is 9.97. The van der Waals surface area contributed by atoms with Gasteiger partial charge in [0.1, 0.15) is 26.4 Å². The number of carbonyl (C=O) groups excluding carboxylic acids is 1. The molecule has 0 aliphatic heterocycles. The lowest BCUT2D eigenvalue weighted by Crippen LogP contribution is -2.12. The van der Waals surface area contributed by atoms with Crippen molar-refractivity contribution in [2.45, 2.75) is 13.3 Å². The van der Waals surface area contributed by atoms with E-state index in [1.54, 1.807) is 19.1 Å². The molecule has 0 bridgehead atoms. The second-order valence-electron chi connectivity index (χ2n) is 6.05. The zero-order chi connectivity index (χ0) is 19.8. The second-order valence-corrected chi connectivity index (χ2v) is 7.99. The lowest BCUT2D eigenvalue weighted by Gasteiger charge is -1.99. The Kier molecular flexibility index (Phi) is 4.78. The molecular weight excluding hydrogens is 401 g/mol. The summed E-state index contributed by atoms with van der Waals surface area (Å²) in [6, 6.07) is 6.12. The number of ether oxygens (including phenoxy) is 1. The largest absolute Gasteiger partial charge is 0.465 e. The van der Waals surface area contributed by atoms with Crippen LogP contribution >= 0.6 is 22.7 Å². The molecule has 4 aromatic rings. The number of nitrogens with zero attached hydrogens (tertiary/aromatic N) is 2. The maximum atomic E-state index is 13.1. The van der Waals surface area contributed by atoms with Gasteiger partial charge in [0.2, 0.25) is 0 Å². The van der Waals surface area contributed by atoms with E-state index in [-0.39, 0.29) is 11.4 Å². The van der Waals surface area contributed by atoms with Gasteiger partial charge in [-0.05, 0) is 36.8 Å². The van der Waals surface area contributed by atoms with E-state index in [9.17, 15) is 14.0 Å². The van der Waals surface area contributed by atoms with E-state index in [2.05, 4.69) is 15.0 Å². The van der Waals surface area contributed by atoms with Crippen LogP contribution in [0.1, 0.15) is 26.1 Å². The number of fused-ring (bicyclic) bond motifs is 1. The Hall–Kier alpha value is -2.91. The van der Waals surface area contributed by atoms with E-state index in [4.69, 9.17) is 4.74 Å². The van der Waals surface area contributed by atoms with Gasteiger partial charge < -0.3 is 9.72 Å². The van der Waals surface area contributed by atoms with Crippen molar-refractivity contribution >= 4 is 38.9 Å². The van der Waals surface area contributed by atoms with Gasteiger partial charge in [0, 0.05) is 10.9 Å². The summed E-state index contributed by atoms with van der Waals surface area (Å²) < 4.78 is 17.8. The highest BCUT2D eigenvalue weighted by molar-refractivity contribution is 7.20. The zero-order valence-electron chi connectivity index (χ0n) is 14.9. The minimum Gasteiger partial charge on any atom is -0.465 e. The van der Waals surface area contributed by atoms with Gasteiger partial charge in [-0.1, -0.05) is 0 Å². The van der Waals surface area contributed by atoms with Gasteiger partial charge in [0.25, 0.3) is 5.56 Å². The Labute approximate surface area is 166 Å². The molecule has 0 spiro atoms. The fourth-order valence-corrected chi connectivity index (χ4v) is 4.77. The molecule has 0 atom stereocenters. The number of nitrogens with one attached hydrogen (secondary N) is 1. The first-order valence-electron chi connectivity index (χ1n) is 8.27. The molecule has 6 nitrogen and oxygen atoms in total. The predicted octanol–water partition coefficient (Wildman–Crippen LogP) is 3.93. The fourth-order valence-electron chi connectivity index (χ4n) is 2.85. The Morgan fingerprint density at radius 1 is 1.25 bits per heavy atom. The van der Waals surface area contributed by atoms with E-state index < -0.39 is 5.97 Å². The fraction of sp³-hybridized carbons (Fsp3) is 0.158. The Bertz CT molecular complexity index is 1240. The van der Waals surface area contributed by atoms with E-state index in [1.807, 2.05) is 5.38 Å². The molecule has 4 rings (SSSR count). The first-order chi connectivity index (χ1) is 13.5. The van der Waals surface area contributed by atoms with Gasteiger partial charge in [0.15, 0.2) is 0 Å². The predicted molar refractivity (Wildman–Crippen MR) is 107 cm³/mol. The van der Waals surface area contributed by atoms with Crippen LogP contribution in [-0.4, -0.2) is 28.0 Å². The number of hydrogen-bond donors (Lipinski definition) is 1. The van der Waals surface area contributed by atoms with Crippen molar-refractivity contribution in [2.24, 2.45) is 0 Å². The molecule has 1 aromatic carbocycles. The number of benzene rings is 1. The number of aromatic nitrogens is 3. The average molecular weight is 415 g/mol. The highest BCUT2D eigenvalue weighted by Crippen LogP contribution is 2.28. The van der Waals surface area contributed by atoms with Gasteiger partial charge in [-0.25, -0.2) is 19.2 Å². The van der Waals surface area contributed by atoms with Crippen LogP contribution in [0.5, 0.6) is 0 Å². The van der Waals surface area contributed by atoms with E-state index >= 15 is 0 Å². The van der Waals surface area contributed by atoms with Crippen LogP contribution in [0.3, 0.4) is 0 Å². The SMILES string of the molecule is COC(=O)c1sc2nc(Cc3nc(-c4ccc(F)cc4)cs3)[nH]c(=O)c2c1C.